The van der Waals surface area contributed by atoms with Crippen LogP contribution in [0.2, 0.25) is 0 Å². The van der Waals surface area contributed by atoms with Crippen LogP contribution in [0.4, 0.5) is 0 Å². The third-order valence-electron chi connectivity index (χ3n) is 4.20. The van der Waals surface area contributed by atoms with E-state index in [1.165, 1.54) is 17.5 Å². The molecule has 3 rings (SSSR count). The van der Waals surface area contributed by atoms with Gasteiger partial charge < -0.3 is 4.57 Å². The first-order chi connectivity index (χ1) is 10.7. The lowest BCUT2D eigenvalue weighted by Crippen LogP contribution is -2.05. The van der Waals surface area contributed by atoms with Gasteiger partial charge in [-0.2, -0.15) is 5.26 Å². The van der Waals surface area contributed by atoms with Crippen molar-refractivity contribution in [2.24, 2.45) is 0 Å². The van der Waals surface area contributed by atoms with Gasteiger partial charge in [-0.15, -0.1) is 10.2 Å². The summed E-state index contributed by atoms with van der Waals surface area (Å²) >= 11 is 0. The summed E-state index contributed by atoms with van der Waals surface area (Å²) in [4.78, 5) is 0. The molecular weight excluding hydrogens is 272 g/mol. The molecule has 0 amide bonds. The number of rotatable bonds is 2. The molecule has 112 valence electrons. The summed E-state index contributed by atoms with van der Waals surface area (Å²) in [6.07, 6.45) is 6.37. The maximum Gasteiger partial charge on any atom is 0.174 e. The molecule has 0 atom stereocenters. The molecular formula is C18H20N4. The van der Waals surface area contributed by atoms with E-state index in [2.05, 4.69) is 52.9 Å². The molecule has 0 saturated heterocycles. The van der Waals surface area contributed by atoms with Crippen molar-refractivity contribution in [3.63, 3.8) is 0 Å². The highest BCUT2D eigenvalue weighted by Gasteiger charge is 2.17. The summed E-state index contributed by atoms with van der Waals surface area (Å²) < 4.78 is 2.12. The number of fused-ring (bicyclic) bond motifs is 1. The molecule has 1 aromatic carbocycles. The third kappa shape index (κ3) is 2.80. The van der Waals surface area contributed by atoms with Crippen LogP contribution in [0.15, 0.2) is 18.2 Å². The van der Waals surface area contributed by atoms with Crippen LogP contribution in [-0.2, 0) is 13.0 Å². The van der Waals surface area contributed by atoms with Crippen molar-refractivity contribution >= 4 is 11.6 Å². The van der Waals surface area contributed by atoms with Crippen LogP contribution in [0.1, 0.15) is 47.6 Å². The van der Waals surface area contributed by atoms with E-state index in [-0.39, 0.29) is 0 Å². The summed E-state index contributed by atoms with van der Waals surface area (Å²) in [6.45, 7) is 5.05. The molecule has 2 aromatic rings. The number of hydrogen-bond donors (Lipinski definition) is 0. The molecule has 0 aliphatic carbocycles. The molecule has 1 aliphatic rings. The fourth-order valence-electron chi connectivity index (χ4n) is 2.97. The molecule has 0 saturated carbocycles. The Balaban J connectivity index is 2.03. The van der Waals surface area contributed by atoms with Crippen molar-refractivity contribution in [3.05, 3.63) is 46.5 Å². The molecule has 1 aromatic heterocycles. The third-order valence-corrected chi connectivity index (χ3v) is 4.20. The van der Waals surface area contributed by atoms with Gasteiger partial charge in [0.2, 0.25) is 0 Å². The van der Waals surface area contributed by atoms with Crippen LogP contribution in [0, 0.1) is 25.2 Å². The molecule has 0 bridgehead atoms. The van der Waals surface area contributed by atoms with E-state index in [4.69, 9.17) is 0 Å². The van der Waals surface area contributed by atoms with Gasteiger partial charge in [-0.1, -0.05) is 30.2 Å². The summed E-state index contributed by atoms with van der Waals surface area (Å²) in [5.74, 6) is 1.72. The highest BCUT2D eigenvalue weighted by molar-refractivity contribution is 5.87. The zero-order valence-corrected chi connectivity index (χ0v) is 13.1. The minimum Gasteiger partial charge on any atom is -0.310 e. The first kappa shape index (κ1) is 14.5. The lowest BCUT2D eigenvalue weighted by atomic mass is 10.0. The van der Waals surface area contributed by atoms with Gasteiger partial charge in [0.1, 0.15) is 11.9 Å². The second-order valence-electron chi connectivity index (χ2n) is 5.93. The molecule has 4 nitrogen and oxygen atoms in total. The van der Waals surface area contributed by atoms with E-state index in [1.807, 2.05) is 6.08 Å². The topological polar surface area (TPSA) is 54.5 Å². The van der Waals surface area contributed by atoms with Gasteiger partial charge in [-0.25, -0.2) is 0 Å². The summed E-state index contributed by atoms with van der Waals surface area (Å²) in [7, 11) is 0. The van der Waals surface area contributed by atoms with Gasteiger partial charge in [0.15, 0.2) is 5.82 Å². The van der Waals surface area contributed by atoms with Crippen LogP contribution in [0.3, 0.4) is 0 Å². The Morgan fingerprint density at radius 2 is 2.09 bits per heavy atom. The van der Waals surface area contributed by atoms with Crippen molar-refractivity contribution in [1.29, 1.82) is 5.26 Å². The zero-order valence-electron chi connectivity index (χ0n) is 13.1. The number of nitrogens with zero attached hydrogens (tertiary/aromatic N) is 4. The van der Waals surface area contributed by atoms with E-state index in [1.54, 1.807) is 0 Å². The van der Waals surface area contributed by atoms with Gasteiger partial charge in [0.25, 0.3) is 0 Å². The maximum absolute atomic E-state index is 9.58. The second-order valence-corrected chi connectivity index (χ2v) is 5.93. The lowest BCUT2D eigenvalue weighted by Gasteiger charge is -2.07. The Morgan fingerprint density at radius 3 is 2.86 bits per heavy atom. The van der Waals surface area contributed by atoms with Gasteiger partial charge in [-0.05, 0) is 43.9 Å². The Hall–Kier alpha value is -2.41. The van der Waals surface area contributed by atoms with Crippen molar-refractivity contribution < 1.29 is 0 Å². The molecule has 0 fully saturated rings. The average Bonchev–Trinajstić information content (AvgIpc) is 2.75. The zero-order chi connectivity index (χ0) is 15.5. The minimum absolute atomic E-state index is 0.590. The number of aromatic nitrogens is 3. The molecule has 0 radical (unpaired) electrons. The fraction of sp³-hybridized carbons (Fsp3) is 0.389. The van der Waals surface area contributed by atoms with Gasteiger partial charge in [-0.3, -0.25) is 0 Å². The second kappa shape index (κ2) is 6.15. The highest BCUT2D eigenvalue weighted by Crippen LogP contribution is 2.22. The number of benzene rings is 1. The molecule has 4 heteroatoms. The van der Waals surface area contributed by atoms with Gasteiger partial charge >= 0.3 is 0 Å². The van der Waals surface area contributed by atoms with Crippen LogP contribution in [-0.4, -0.2) is 14.8 Å². The lowest BCUT2D eigenvalue weighted by molar-refractivity contribution is 0.627. The normalized spacial score (nSPS) is 15.0. The standard InChI is InChI=1S/C18H20N4/c1-13-7-8-15(14(2)10-13)11-16(12-19)18-21-20-17-6-4-3-5-9-22(17)18/h7-8,10-11H,3-6,9H2,1-2H3. The highest BCUT2D eigenvalue weighted by atomic mass is 15.3. The van der Waals surface area contributed by atoms with Crippen molar-refractivity contribution in [3.8, 4) is 6.07 Å². The number of aryl methyl sites for hydroxylation is 3. The van der Waals surface area contributed by atoms with Crippen LogP contribution >= 0.6 is 0 Å². The van der Waals surface area contributed by atoms with Crippen LogP contribution in [0.5, 0.6) is 0 Å². The van der Waals surface area contributed by atoms with Crippen molar-refractivity contribution in [2.45, 2.75) is 46.1 Å². The Kier molecular flexibility index (Phi) is 4.06. The van der Waals surface area contributed by atoms with Gasteiger partial charge in [0, 0.05) is 13.0 Å². The summed E-state index contributed by atoms with van der Waals surface area (Å²) in [5, 5.41) is 18.1. The summed E-state index contributed by atoms with van der Waals surface area (Å²) in [5.41, 5.74) is 4.05. The predicted molar refractivity (Wildman–Crippen MR) is 87.0 cm³/mol. The van der Waals surface area contributed by atoms with Crippen molar-refractivity contribution in [1.82, 2.24) is 14.8 Å². The molecule has 1 aliphatic heterocycles. The molecule has 2 heterocycles. The Morgan fingerprint density at radius 1 is 1.23 bits per heavy atom. The molecule has 0 spiro atoms. The monoisotopic (exact) mass is 292 g/mol. The largest absolute Gasteiger partial charge is 0.310 e. The van der Waals surface area contributed by atoms with Crippen LogP contribution in [0.25, 0.3) is 11.6 Å². The van der Waals surface area contributed by atoms with E-state index < -0.39 is 0 Å². The fourth-order valence-corrected chi connectivity index (χ4v) is 2.97. The van der Waals surface area contributed by atoms with Crippen LogP contribution < -0.4 is 0 Å². The van der Waals surface area contributed by atoms with E-state index >= 15 is 0 Å². The minimum atomic E-state index is 0.590. The molecule has 0 N–H and O–H groups in total. The maximum atomic E-state index is 9.58. The number of allylic oxidation sites excluding steroid dienone is 1. The quantitative estimate of drug-likeness (QED) is 0.793. The Labute approximate surface area is 131 Å². The first-order valence-corrected chi connectivity index (χ1v) is 7.80. The summed E-state index contributed by atoms with van der Waals surface area (Å²) in [6, 6.07) is 8.56. The number of nitriles is 1. The number of hydrogen-bond acceptors (Lipinski definition) is 3. The SMILES string of the molecule is Cc1ccc(C=C(C#N)c2nnc3n2CCCCC3)c(C)c1. The van der Waals surface area contributed by atoms with Gasteiger partial charge in [0.05, 0.1) is 5.57 Å². The van der Waals surface area contributed by atoms with E-state index in [0.717, 1.165) is 37.2 Å². The smallest absolute Gasteiger partial charge is 0.174 e. The Bertz CT molecular complexity index is 762. The average molecular weight is 292 g/mol. The predicted octanol–water partition coefficient (Wildman–Crippen LogP) is 3.69. The van der Waals surface area contributed by atoms with E-state index in [9.17, 15) is 5.26 Å². The first-order valence-electron chi connectivity index (χ1n) is 7.80. The van der Waals surface area contributed by atoms with E-state index in [0.29, 0.717) is 11.4 Å². The molecule has 0 unspecified atom stereocenters. The van der Waals surface area contributed by atoms with Crippen molar-refractivity contribution in [2.75, 3.05) is 0 Å². The molecule has 22 heavy (non-hydrogen) atoms.